The van der Waals surface area contributed by atoms with Gasteiger partial charge in [-0.3, -0.25) is 9.80 Å². The summed E-state index contributed by atoms with van der Waals surface area (Å²) in [4.78, 5) is 19.8. The summed E-state index contributed by atoms with van der Waals surface area (Å²) in [5.41, 5.74) is 0.938. The highest BCUT2D eigenvalue weighted by Gasteiger charge is 2.36. The molecule has 0 radical (unpaired) electrons. The highest BCUT2D eigenvalue weighted by atomic mass is 16.5. The minimum atomic E-state index is 0.141. The van der Waals surface area contributed by atoms with Gasteiger partial charge in [0.1, 0.15) is 11.5 Å². The van der Waals surface area contributed by atoms with Crippen LogP contribution < -0.4 is 15.0 Å². The molecular weight excluding hydrogens is 436 g/mol. The van der Waals surface area contributed by atoms with E-state index in [-0.39, 0.29) is 6.03 Å². The van der Waals surface area contributed by atoms with Gasteiger partial charge in [-0.2, -0.15) is 0 Å². The van der Waals surface area contributed by atoms with Gasteiger partial charge in [0.25, 0.3) is 0 Å². The van der Waals surface area contributed by atoms with E-state index in [2.05, 4.69) is 42.8 Å². The fourth-order valence-electron chi connectivity index (χ4n) is 5.55. The second-order valence-corrected chi connectivity index (χ2v) is 10.4. The lowest BCUT2D eigenvalue weighted by molar-refractivity contribution is 0.160. The highest BCUT2D eigenvalue weighted by molar-refractivity contribution is 5.94. The van der Waals surface area contributed by atoms with E-state index in [4.69, 9.17) is 4.74 Å². The van der Waals surface area contributed by atoms with E-state index in [9.17, 15) is 4.79 Å². The fourth-order valence-corrected chi connectivity index (χ4v) is 5.55. The predicted octanol–water partition coefficient (Wildman–Crippen LogP) is 5.74. The van der Waals surface area contributed by atoms with Crippen molar-refractivity contribution in [2.45, 2.75) is 77.5 Å². The van der Waals surface area contributed by atoms with Crippen LogP contribution in [-0.4, -0.2) is 66.2 Å². The number of amides is 2. The van der Waals surface area contributed by atoms with Gasteiger partial charge in [-0.15, -0.1) is 0 Å². The van der Waals surface area contributed by atoms with Gasteiger partial charge in [-0.1, -0.05) is 18.2 Å². The Morgan fingerprint density at radius 2 is 1.51 bits per heavy atom. The molecule has 6 nitrogen and oxygen atoms in total. The first-order valence-electron chi connectivity index (χ1n) is 13.3. The van der Waals surface area contributed by atoms with Crippen molar-refractivity contribution in [3.05, 3.63) is 54.6 Å². The molecule has 0 aromatic heterocycles. The third kappa shape index (κ3) is 6.56. The molecule has 1 saturated carbocycles. The molecule has 4 rings (SSSR count). The smallest absolute Gasteiger partial charge is 0.324 e. The number of rotatable bonds is 10. The van der Waals surface area contributed by atoms with Crippen LogP contribution in [0, 0.1) is 0 Å². The molecule has 0 bridgehead atoms. The molecule has 1 N–H and O–H groups in total. The van der Waals surface area contributed by atoms with E-state index in [1.165, 1.54) is 0 Å². The van der Waals surface area contributed by atoms with Gasteiger partial charge < -0.3 is 15.0 Å². The van der Waals surface area contributed by atoms with Crippen molar-refractivity contribution in [2.75, 3.05) is 31.1 Å². The maximum atomic E-state index is 13.2. The van der Waals surface area contributed by atoms with Crippen LogP contribution >= 0.6 is 0 Å². The molecule has 2 amide bonds. The third-order valence-corrected chi connectivity index (χ3v) is 7.44. The van der Waals surface area contributed by atoms with Crippen LogP contribution in [0.3, 0.4) is 0 Å². The Hall–Kier alpha value is -2.57. The molecule has 190 valence electrons. The Morgan fingerprint density at radius 1 is 0.886 bits per heavy atom. The molecule has 2 aliphatic rings. The van der Waals surface area contributed by atoms with E-state index in [0.29, 0.717) is 24.2 Å². The molecular formula is C29H42N4O2. The van der Waals surface area contributed by atoms with Crippen molar-refractivity contribution in [2.24, 2.45) is 0 Å². The summed E-state index contributed by atoms with van der Waals surface area (Å²) < 4.78 is 5.89. The summed E-state index contributed by atoms with van der Waals surface area (Å²) in [6.45, 7) is 12.8. The van der Waals surface area contributed by atoms with Crippen molar-refractivity contribution >= 4 is 11.7 Å². The van der Waals surface area contributed by atoms with Gasteiger partial charge >= 0.3 is 6.03 Å². The Bertz CT molecular complexity index is 915. The first-order valence-corrected chi connectivity index (χ1v) is 13.3. The molecule has 6 heteroatoms. The van der Waals surface area contributed by atoms with E-state index in [1.807, 2.05) is 59.5 Å². The van der Waals surface area contributed by atoms with E-state index >= 15 is 0 Å². The molecule has 0 spiro atoms. The second-order valence-electron chi connectivity index (χ2n) is 10.4. The number of anilines is 1. The Morgan fingerprint density at radius 3 is 2.14 bits per heavy atom. The molecule has 1 heterocycles. The topological polar surface area (TPSA) is 48.0 Å². The van der Waals surface area contributed by atoms with Gasteiger partial charge in [0.15, 0.2) is 0 Å². The second kappa shape index (κ2) is 11.9. The number of benzene rings is 2. The molecule has 0 unspecified atom stereocenters. The average molecular weight is 479 g/mol. The van der Waals surface area contributed by atoms with Crippen molar-refractivity contribution in [3.8, 4) is 11.5 Å². The van der Waals surface area contributed by atoms with Gasteiger partial charge in [-0.05, 0) is 89.8 Å². The van der Waals surface area contributed by atoms with Crippen molar-refractivity contribution in [3.63, 3.8) is 0 Å². The molecule has 2 aromatic rings. The van der Waals surface area contributed by atoms with E-state index in [1.54, 1.807) is 0 Å². The van der Waals surface area contributed by atoms with Crippen molar-refractivity contribution in [1.82, 2.24) is 15.1 Å². The maximum absolute atomic E-state index is 13.2. The van der Waals surface area contributed by atoms with Gasteiger partial charge in [0.2, 0.25) is 0 Å². The number of para-hydroxylation sites is 1. The summed E-state index contributed by atoms with van der Waals surface area (Å²) in [5, 5.41) is 3.77. The van der Waals surface area contributed by atoms with Gasteiger partial charge in [-0.25, -0.2) is 4.79 Å². The van der Waals surface area contributed by atoms with Crippen molar-refractivity contribution in [1.29, 1.82) is 0 Å². The number of hydrogen-bond acceptors (Lipinski definition) is 4. The first-order chi connectivity index (χ1) is 16.9. The molecule has 2 aromatic carbocycles. The molecule has 1 aliphatic carbocycles. The quantitative estimate of drug-likeness (QED) is 0.473. The number of urea groups is 1. The Labute approximate surface area is 211 Å². The Balaban J connectivity index is 1.23. The normalized spacial score (nSPS) is 20.9. The summed E-state index contributed by atoms with van der Waals surface area (Å²) >= 11 is 0. The lowest BCUT2D eigenvalue weighted by Gasteiger charge is -2.36. The fraction of sp³-hybridized carbons (Fsp3) is 0.552. The molecule has 35 heavy (non-hydrogen) atoms. The largest absolute Gasteiger partial charge is 0.457 e. The number of nitrogens with zero attached hydrogens (tertiary/aromatic N) is 3. The standard InChI is InChI=1S/C29H42N4O2/c1-22(2)31(23(3)4)19-18-30-24-10-12-25(13-11-24)32-20-21-33(29(32)34)26-14-16-28(17-15-26)35-27-8-6-5-7-9-27/h5-9,14-17,22-25,30H,10-13,18-21H2,1-4H3. The van der Waals surface area contributed by atoms with Gasteiger partial charge in [0.05, 0.1) is 0 Å². The number of nitrogens with one attached hydrogen (secondary N) is 1. The number of carbonyl (C=O) groups excluding carboxylic acids is 1. The van der Waals surface area contributed by atoms with Gasteiger partial charge in [0, 0.05) is 56.0 Å². The number of carbonyl (C=O) groups is 1. The average Bonchev–Trinajstić information content (AvgIpc) is 3.24. The lowest BCUT2D eigenvalue weighted by atomic mass is 9.90. The zero-order chi connectivity index (χ0) is 24.8. The lowest BCUT2D eigenvalue weighted by Crippen LogP contribution is -2.46. The van der Waals surface area contributed by atoms with Crippen LogP contribution in [0.5, 0.6) is 11.5 Å². The monoisotopic (exact) mass is 478 g/mol. The van der Waals surface area contributed by atoms with Crippen LogP contribution in [0.15, 0.2) is 54.6 Å². The molecule has 1 aliphatic heterocycles. The summed E-state index contributed by atoms with van der Waals surface area (Å²) in [7, 11) is 0. The minimum Gasteiger partial charge on any atom is -0.457 e. The van der Waals surface area contributed by atoms with E-state index < -0.39 is 0 Å². The molecule has 2 fully saturated rings. The van der Waals surface area contributed by atoms with Crippen LogP contribution in [0.4, 0.5) is 10.5 Å². The van der Waals surface area contributed by atoms with Crippen LogP contribution in [0.25, 0.3) is 0 Å². The van der Waals surface area contributed by atoms with Crippen LogP contribution in [-0.2, 0) is 0 Å². The van der Waals surface area contributed by atoms with Crippen LogP contribution in [0.2, 0.25) is 0 Å². The van der Waals surface area contributed by atoms with E-state index in [0.717, 1.165) is 69.0 Å². The molecule has 0 atom stereocenters. The number of hydrogen-bond donors (Lipinski definition) is 1. The predicted molar refractivity (Wildman–Crippen MR) is 143 cm³/mol. The zero-order valence-corrected chi connectivity index (χ0v) is 21.8. The minimum absolute atomic E-state index is 0.141. The third-order valence-electron chi connectivity index (χ3n) is 7.44. The van der Waals surface area contributed by atoms with Crippen molar-refractivity contribution < 1.29 is 9.53 Å². The summed E-state index contributed by atoms with van der Waals surface area (Å²) in [5.74, 6) is 1.59. The summed E-state index contributed by atoms with van der Waals surface area (Å²) in [6, 6.07) is 19.8. The summed E-state index contributed by atoms with van der Waals surface area (Å²) in [6.07, 6.45) is 4.45. The first kappa shape index (κ1) is 25.5. The number of ether oxygens (including phenoxy) is 1. The highest BCUT2D eigenvalue weighted by Crippen LogP contribution is 2.30. The molecule has 1 saturated heterocycles. The maximum Gasteiger partial charge on any atom is 0.324 e. The Kier molecular flexibility index (Phi) is 8.69. The van der Waals surface area contributed by atoms with Crippen LogP contribution in [0.1, 0.15) is 53.4 Å². The zero-order valence-electron chi connectivity index (χ0n) is 21.8. The SMILES string of the molecule is CC(C)N(CCNC1CCC(N2CCN(c3ccc(Oc4ccccc4)cc3)C2=O)CC1)C(C)C.